The Bertz CT molecular complexity index is 498. The summed E-state index contributed by atoms with van der Waals surface area (Å²) < 4.78 is 11.0. The number of hydrogen-bond acceptors (Lipinski definition) is 3. The molecule has 3 nitrogen and oxygen atoms in total. The number of unbranched alkanes of at least 4 members (excludes halogenated alkanes) is 3. The van der Waals surface area contributed by atoms with E-state index in [4.69, 9.17) is 9.47 Å². The maximum Gasteiger partial charge on any atom is 0.338 e. The highest BCUT2D eigenvalue weighted by atomic mass is 16.6. The van der Waals surface area contributed by atoms with E-state index in [9.17, 15) is 4.79 Å². The summed E-state index contributed by atoms with van der Waals surface area (Å²) in [5.74, 6) is 0.569. The van der Waals surface area contributed by atoms with Crippen LogP contribution in [0.5, 0.6) is 0 Å². The Morgan fingerprint density at radius 1 is 0.852 bits per heavy atom. The van der Waals surface area contributed by atoms with Gasteiger partial charge in [-0.2, -0.15) is 0 Å². The second-order valence-electron chi connectivity index (χ2n) is 7.88. The fourth-order valence-electron chi connectivity index (χ4n) is 3.24. The number of rotatable bonds is 15. The second kappa shape index (κ2) is 14.7. The van der Waals surface area contributed by atoms with E-state index >= 15 is 0 Å². The second-order valence-corrected chi connectivity index (χ2v) is 7.88. The highest BCUT2D eigenvalue weighted by Crippen LogP contribution is 2.15. The van der Waals surface area contributed by atoms with Crippen LogP contribution in [-0.4, -0.2) is 25.8 Å². The highest BCUT2D eigenvalue weighted by molar-refractivity contribution is 5.89. The van der Waals surface area contributed by atoms with Gasteiger partial charge in [0, 0.05) is 6.61 Å². The fourth-order valence-corrected chi connectivity index (χ4v) is 3.24. The molecule has 0 aliphatic rings. The minimum Gasteiger partial charge on any atom is -0.460 e. The van der Waals surface area contributed by atoms with E-state index < -0.39 is 0 Å². The molecule has 0 aliphatic heterocycles. The number of aryl methyl sites for hydroxylation is 2. The molecule has 27 heavy (non-hydrogen) atoms. The molecule has 1 aromatic carbocycles. The summed E-state index contributed by atoms with van der Waals surface area (Å²) in [5.41, 5.74) is 3.13. The third-order valence-corrected chi connectivity index (χ3v) is 4.65. The van der Waals surface area contributed by atoms with Gasteiger partial charge in [0.05, 0.1) is 12.2 Å². The van der Waals surface area contributed by atoms with Crippen molar-refractivity contribution in [3.63, 3.8) is 0 Å². The molecule has 0 bridgehead atoms. The van der Waals surface area contributed by atoms with Crippen LogP contribution in [-0.2, 0) is 22.3 Å². The first kappa shape index (κ1) is 23.7. The number of hydrogen-bond donors (Lipinski definition) is 0. The number of carbonyl (C=O) groups excluding carboxylic acids is 1. The molecule has 1 rings (SSSR count). The van der Waals surface area contributed by atoms with Gasteiger partial charge in [-0.1, -0.05) is 72.3 Å². The molecule has 0 aromatic heterocycles. The Balaban J connectivity index is 2.24. The van der Waals surface area contributed by atoms with E-state index in [1.165, 1.54) is 36.8 Å². The van der Waals surface area contributed by atoms with E-state index in [1.807, 2.05) is 12.1 Å². The van der Waals surface area contributed by atoms with Gasteiger partial charge < -0.3 is 9.47 Å². The molecular weight excluding hydrogens is 336 g/mol. The summed E-state index contributed by atoms with van der Waals surface area (Å²) in [6.07, 6.45) is 10.4. The summed E-state index contributed by atoms with van der Waals surface area (Å²) in [7, 11) is 0. The van der Waals surface area contributed by atoms with Gasteiger partial charge in [0.1, 0.15) is 6.61 Å². The van der Waals surface area contributed by atoms with Crippen LogP contribution in [0.25, 0.3) is 0 Å². The number of esters is 1. The third-order valence-electron chi connectivity index (χ3n) is 4.65. The Morgan fingerprint density at radius 2 is 1.48 bits per heavy atom. The van der Waals surface area contributed by atoms with Crippen molar-refractivity contribution in [3.05, 3.63) is 34.9 Å². The lowest BCUT2D eigenvalue weighted by Gasteiger charge is -2.10. The normalized spacial score (nSPS) is 11.1. The predicted molar refractivity (Wildman–Crippen MR) is 113 cm³/mol. The lowest BCUT2D eigenvalue weighted by Crippen LogP contribution is -2.12. The van der Waals surface area contributed by atoms with Crippen LogP contribution in [0.4, 0.5) is 0 Å². The van der Waals surface area contributed by atoms with Crippen LogP contribution in [0.1, 0.15) is 94.1 Å². The zero-order valence-electron chi connectivity index (χ0n) is 18.0. The molecular formula is C24H40O3. The molecule has 3 heteroatoms. The number of carbonyl (C=O) groups is 1. The van der Waals surface area contributed by atoms with Crippen molar-refractivity contribution < 1.29 is 14.3 Å². The lowest BCUT2D eigenvalue weighted by molar-refractivity contribution is 0.0312. The molecule has 0 fully saturated rings. The molecule has 0 N–H and O–H groups in total. The van der Waals surface area contributed by atoms with Crippen molar-refractivity contribution in [1.82, 2.24) is 0 Å². The van der Waals surface area contributed by atoms with Crippen LogP contribution in [0.2, 0.25) is 0 Å². The Kier molecular flexibility index (Phi) is 12.9. The Labute approximate surface area is 166 Å². The van der Waals surface area contributed by atoms with E-state index in [1.54, 1.807) is 0 Å². The summed E-state index contributed by atoms with van der Waals surface area (Å²) >= 11 is 0. The molecule has 0 unspecified atom stereocenters. The van der Waals surface area contributed by atoms with Gasteiger partial charge in [0.15, 0.2) is 0 Å². The number of ether oxygens (including phenoxy) is 2. The topological polar surface area (TPSA) is 35.5 Å². The summed E-state index contributed by atoms with van der Waals surface area (Å²) in [4.78, 5) is 12.3. The summed E-state index contributed by atoms with van der Waals surface area (Å²) in [5, 5.41) is 0. The molecule has 0 spiro atoms. The van der Waals surface area contributed by atoms with Crippen molar-refractivity contribution in [2.75, 3.05) is 19.8 Å². The van der Waals surface area contributed by atoms with E-state index in [0.29, 0.717) is 18.8 Å². The van der Waals surface area contributed by atoms with Crippen LogP contribution < -0.4 is 0 Å². The zero-order valence-corrected chi connectivity index (χ0v) is 18.0. The smallest absolute Gasteiger partial charge is 0.338 e. The maximum atomic E-state index is 12.3. The first-order valence-electron chi connectivity index (χ1n) is 10.9. The van der Waals surface area contributed by atoms with Gasteiger partial charge in [-0.3, -0.25) is 0 Å². The van der Waals surface area contributed by atoms with Crippen molar-refractivity contribution >= 4 is 5.97 Å². The SMILES string of the molecule is CCCc1cc(CCC)cc(C(=O)OCCOCCCCCCC(C)C)c1. The average Bonchev–Trinajstić information content (AvgIpc) is 2.63. The van der Waals surface area contributed by atoms with Gasteiger partial charge in [-0.05, 0) is 48.4 Å². The van der Waals surface area contributed by atoms with Crippen molar-refractivity contribution in [3.8, 4) is 0 Å². The van der Waals surface area contributed by atoms with Gasteiger partial charge in [-0.25, -0.2) is 4.79 Å². The third kappa shape index (κ3) is 11.2. The van der Waals surface area contributed by atoms with Gasteiger partial charge in [0.2, 0.25) is 0 Å². The Morgan fingerprint density at radius 3 is 2.07 bits per heavy atom. The van der Waals surface area contributed by atoms with E-state index in [2.05, 4.69) is 33.8 Å². The summed E-state index contributed by atoms with van der Waals surface area (Å²) in [6.45, 7) is 10.4. The summed E-state index contributed by atoms with van der Waals surface area (Å²) in [6, 6.07) is 6.17. The monoisotopic (exact) mass is 376 g/mol. The van der Waals surface area contributed by atoms with Gasteiger partial charge in [-0.15, -0.1) is 0 Å². The molecule has 0 saturated carbocycles. The van der Waals surface area contributed by atoms with E-state index in [0.717, 1.165) is 44.6 Å². The van der Waals surface area contributed by atoms with E-state index in [-0.39, 0.29) is 5.97 Å². The minimum absolute atomic E-state index is 0.234. The molecule has 0 radical (unpaired) electrons. The first-order chi connectivity index (χ1) is 13.1. The van der Waals surface area contributed by atoms with Gasteiger partial charge in [0.25, 0.3) is 0 Å². The van der Waals surface area contributed by atoms with Crippen LogP contribution in [0.3, 0.4) is 0 Å². The molecule has 154 valence electrons. The molecule has 1 aromatic rings. The zero-order chi connectivity index (χ0) is 19.9. The molecule has 0 saturated heterocycles. The van der Waals surface area contributed by atoms with Crippen LogP contribution in [0.15, 0.2) is 18.2 Å². The lowest BCUT2D eigenvalue weighted by atomic mass is 10.00. The molecule has 0 aliphatic carbocycles. The van der Waals surface area contributed by atoms with Crippen LogP contribution in [0, 0.1) is 5.92 Å². The number of benzene rings is 1. The molecule has 0 amide bonds. The molecule has 0 heterocycles. The van der Waals surface area contributed by atoms with Crippen molar-refractivity contribution in [2.24, 2.45) is 5.92 Å². The quantitative estimate of drug-likeness (QED) is 0.263. The van der Waals surface area contributed by atoms with Crippen LogP contribution >= 0.6 is 0 Å². The average molecular weight is 377 g/mol. The van der Waals surface area contributed by atoms with Crippen molar-refractivity contribution in [2.45, 2.75) is 85.5 Å². The largest absolute Gasteiger partial charge is 0.460 e. The maximum absolute atomic E-state index is 12.3. The highest BCUT2D eigenvalue weighted by Gasteiger charge is 2.10. The predicted octanol–water partition coefficient (Wildman–Crippen LogP) is 6.37. The molecule has 0 atom stereocenters. The fraction of sp³-hybridized carbons (Fsp3) is 0.708. The van der Waals surface area contributed by atoms with Gasteiger partial charge >= 0.3 is 5.97 Å². The standard InChI is InChI=1S/C24H40O3/c1-5-11-21-17-22(12-6-2)19-23(18-21)24(25)27-16-15-26-14-10-8-7-9-13-20(3)4/h17-20H,5-16H2,1-4H3. The first-order valence-corrected chi connectivity index (χ1v) is 10.9. The minimum atomic E-state index is -0.234. The van der Waals surface area contributed by atoms with Crippen molar-refractivity contribution in [1.29, 1.82) is 0 Å². The Hall–Kier alpha value is -1.35.